The van der Waals surface area contributed by atoms with Gasteiger partial charge in [-0.3, -0.25) is 0 Å². The van der Waals surface area contributed by atoms with Gasteiger partial charge in [0, 0.05) is 32.7 Å². The Labute approximate surface area is 58.1 Å². The zero-order chi connectivity index (χ0) is 2.71. The van der Waals surface area contributed by atoms with Crippen LogP contribution in [0.3, 0.4) is 0 Å². The molecule has 0 N–H and O–H groups in total. The molecule has 0 aliphatic heterocycles. The first-order valence-electron chi connectivity index (χ1n) is 0.543. The van der Waals surface area contributed by atoms with E-state index in [4.69, 9.17) is 11.2 Å². The van der Waals surface area contributed by atoms with Crippen molar-refractivity contribution < 1.29 is 32.7 Å². The summed E-state index contributed by atoms with van der Waals surface area (Å²) in [7, 11) is 0.306. The SMILES string of the molecule is [CH2-]PCl.[Y]. The van der Waals surface area contributed by atoms with Crippen LogP contribution in [0.1, 0.15) is 0 Å². The molecular formula is CH3ClPY-. The number of hydrogen-bond donors (Lipinski definition) is 0. The summed E-state index contributed by atoms with van der Waals surface area (Å²) in [5.41, 5.74) is 0. The molecule has 0 bridgehead atoms. The van der Waals surface area contributed by atoms with Crippen LogP contribution in [0.4, 0.5) is 0 Å². The van der Waals surface area contributed by atoms with Crippen LogP contribution in [-0.4, -0.2) is 0 Å². The van der Waals surface area contributed by atoms with Gasteiger partial charge in [0.2, 0.25) is 0 Å². The summed E-state index contributed by atoms with van der Waals surface area (Å²) in [4.78, 5) is 0. The van der Waals surface area contributed by atoms with Gasteiger partial charge in [0.05, 0.1) is 0 Å². The van der Waals surface area contributed by atoms with Crippen molar-refractivity contribution in [1.82, 2.24) is 0 Å². The van der Waals surface area contributed by atoms with Crippen LogP contribution in [0.25, 0.3) is 0 Å². The minimum Gasteiger partial charge on any atom is -0.305 e. The second-order valence-corrected chi connectivity index (χ2v) is 1.20. The number of hydrogen-bond acceptors (Lipinski definition) is 0. The third kappa shape index (κ3) is 9.17. The summed E-state index contributed by atoms with van der Waals surface area (Å²) in [6.45, 7) is 3.28. The Morgan fingerprint density at radius 1 is 1.75 bits per heavy atom. The van der Waals surface area contributed by atoms with E-state index in [-0.39, 0.29) is 32.7 Å². The third-order valence-electron chi connectivity index (χ3n) is 0. The van der Waals surface area contributed by atoms with E-state index in [1.807, 2.05) is 0 Å². The first-order chi connectivity index (χ1) is 1.41. The van der Waals surface area contributed by atoms with Crippen molar-refractivity contribution in [2.75, 3.05) is 0 Å². The molecule has 0 saturated heterocycles. The Morgan fingerprint density at radius 3 is 1.75 bits per heavy atom. The largest absolute Gasteiger partial charge is 0.305 e. The summed E-state index contributed by atoms with van der Waals surface area (Å²) in [6.07, 6.45) is 0. The minimum atomic E-state index is 0. The van der Waals surface area contributed by atoms with E-state index in [9.17, 15) is 0 Å². The van der Waals surface area contributed by atoms with Crippen LogP contribution in [-0.2, 0) is 32.7 Å². The first-order valence-corrected chi connectivity index (χ1v) is 2.76. The summed E-state index contributed by atoms with van der Waals surface area (Å²) in [5.74, 6) is 0. The Kier molecular flexibility index (Phi) is 20.5. The fourth-order valence-corrected chi connectivity index (χ4v) is 0. The standard InChI is InChI=1S/CH3ClP.Y/c1-3-2;/h3H,1H2;/q-1;. The number of rotatable bonds is 0. The van der Waals surface area contributed by atoms with Gasteiger partial charge < -0.3 is 6.66 Å². The van der Waals surface area contributed by atoms with E-state index < -0.39 is 0 Å². The summed E-state index contributed by atoms with van der Waals surface area (Å²) in [5, 5.41) is 0. The molecule has 0 rings (SSSR count). The fraction of sp³-hybridized carbons (Fsp3) is 0. The van der Waals surface area contributed by atoms with Gasteiger partial charge in [-0.1, -0.05) is 0 Å². The van der Waals surface area contributed by atoms with E-state index in [0.717, 1.165) is 0 Å². The minimum absolute atomic E-state index is 0. The van der Waals surface area contributed by atoms with Crippen LogP contribution in [0.15, 0.2) is 0 Å². The van der Waals surface area contributed by atoms with Crippen molar-refractivity contribution in [3.63, 3.8) is 0 Å². The van der Waals surface area contributed by atoms with Crippen LogP contribution in [0.5, 0.6) is 0 Å². The van der Waals surface area contributed by atoms with Crippen molar-refractivity contribution >= 4 is 19.2 Å². The molecule has 1 radical (unpaired) electrons. The second-order valence-electron chi connectivity index (χ2n) is 0.134. The van der Waals surface area contributed by atoms with Crippen molar-refractivity contribution in [2.24, 2.45) is 0 Å². The molecule has 1 atom stereocenters. The quantitative estimate of drug-likeness (QED) is 0.383. The predicted molar refractivity (Wildman–Crippen MR) is 19.5 cm³/mol. The maximum absolute atomic E-state index is 4.92. The topological polar surface area (TPSA) is 0 Å². The van der Waals surface area contributed by atoms with Gasteiger partial charge in [-0.25, -0.2) is 0 Å². The molecule has 0 fully saturated rings. The molecule has 0 aromatic carbocycles. The molecule has 0 aliphatic rings. The van der Waals surface area contributed by atoms with E-state index in [1.54, 1.807) is 0 Å². The van der Waals surface area contributed by atoms with Crippen LogP contribution >= 0.6 is 19.2 Å². The van der Waals surface area contributed by atoms with Crippen molar-refractivity contribution in [2.45, 2.75) is 0 Å². The monoisotopic (exact) mass is 170 g/mol. The zero-order valence-electron chi connectivity index (χ0n) is 2.16. The van der Waals surface area contributed by atoms with Crippen molar-refractivity contribution in [1.29, 1.82) is 0 Å². The molecule has 3 heteroatoms. The van der Waals surface area contributed by atoms with Crippen LogP contribution < -0.4 is 0 Å². The third-order valence-corrected chi connectivity index (χ3v) is 0. The first kappa shape index (κ1) is 9.27. The van der Waals surface area contributed by atoms with E-state index in [1.165, 1.54) is 0 Å². The van der Waals surface area contributed by atoms with E-state index >= 15 is 0 Å². The Bertz CT molecular complexity index is 8.00. The molecule has 4 heavy (non-hydrogen) atoms. The second kappa shape index (κ2) is 8.85. The van der Waals surface area contributed by atoms with Gasteiger partial charge in [-0.2, -0.15) is 7.93 Å². The summed E-state index contributed by atoms with van der Waals surface area (Å²) in [6, 6.07) is 0. The molecule has 0 amide bonds. The van der Waals surface area contributed by atoms with Gasteiger partial charge in [0.25, 0.3) is 0 Å². The molecule has 0 heterocycles. The summed E-state index contributed by atoms with van der Waals surface area (Å²) >= 11 is 4.92. The molecule has 0 aromatic rings. The molecule has 0 spiro atoms. The van der Waals surface area contributed by atoms with Crippen molar-refractivity contribution in [3.05, 3.63) is 6.66 Å². The Morgan fingerprint density at radius 2 is 1.75 bits per heavy atom. The smallest absolute Gasteiger partial charge is 0 e. The molecule has 1 unspecified atom stereocenters. The Hall–Kier alpha value is 1.82. The van der Waals surface area contributed by atoms with Crippen LogP contribution in [0.2, 0.25) is 0 Å². The van der Waals surface area contributed by atoms with E-state index in [2.05, 4.69) is 6.66 Å². The Balaban J connectivity index is 0. The van der Waals surface area contributed by atoms with Gasteiger partial charge in [-0.05, 0) is 0 Å². The predicted octanol–water partition coefficient (Wildman–Crippen LogP) is 1.61. The molecule has 0 nitrogen and oxygen atoms in total. The molecule has 0 aliphatic carbocycles. The molecular weight excluding hydrogens is 167 g/mol. The average Bonchev–Trinajstić information content (AvgIpc) is 0.918. The summed E-state index contributed by atoms with van der Waals surface area (Å²) < 4.78 is 0. The number of halogens is 1. The maximum Gasteiger partial charge on any atom is 0 e. The van der Waals surface area contributed by atoms with Crippen LogP contribution in [0, 0.1) is 6.66 Å². The van der Waals surface area contributed by atoms with Crippen molar-refractivity contribution in [3.8, 4) is 0 Å². The zero-order valence-corrected chi connectivity index (χ0v) is 6.76. The average molecular weight is 170 g/mol. The molecule has 23 valence electrons. The normalized spacial score (nSPS) is 7.50. The van der Waals surface area contributed by atoms with Gasteiger partial charge >= 0.3 is 0 Å². The fourth-order valence-electron chi connectivity index (χ4n) is 0. The molecule has 0 saturated carbocycles. The van der Waals surface area contributed by atoms with Gasteiger partial charge in [0.1, 0.15) is 0 Å². The van der Waals surface area contributed by atoms with Gasteiger partial charge in [0.15, 0.2) is 0 Å². The maximum atomic E-state index is 4.92. The van der Waals surface area contributed by atoms with E-state index in [0.29, 0.717) is 7.93 Å². The molecule has 0 aromatic heterocycles. The van der Waals surface area contributed by atoms with Gasteiger partial charge in [-0.15, -0.1) is 11.2 Å².